The number of carboxylic acids is 1. The summed E-state index contributed by atoms with van der Waals surface area (Å²) in [5.74, 6) is -2.43. The van der Waals surface area contributed by atoms with Crippen molar-refractivity contribution in [1.29, 1.82) is 0 Å². The number of aliphatic carboxylic acids is 1. The van der Waals surface area contributed by atoms with Gasteiger partial charge < -0.3 is 10.4 Å². The molecule has 0 bridgehead atoms. The highest BCUT2D eigenvalue weighted by molar-refractivity contribution is 5.72. The Bertz CT molecular complexity index is 328. The summed E-state index contributed by atoms with van der Waals surface area (Å²) in [6, 6.07) is 2.79. The van der Waals surface area contributed by atoms with E-state index < -0.39 is 24.1 Å². The molecule has 0 atom stereocenters. The molecule has 3 nitrogen and oxygen atoms in total. The minimum atomic E-state index is -1.14. The van der Waals surface area contributed by atoms with Gasteiger partial charge >= 0.3 is 5.97 Å². The van der Waals surface area contributed by atoms with Crippen molar-refractivity contribution < 1.29 is 18.7 Å². The zero-order valence-corrected chi connectivity index (χ0v) is 6.55. The Morgan fingerprint density at radius 2 is 2.15 bits per heavy atom. The maximum absolute atomic E-state index is 12.8. The maximum Gasteiger partial charge on any atom is 0.322 e. The van der Waals surface area contributed by atoms with Gasteiger partial charge in [0.2, 0.25) is 0 Å². The Hall–Kier alpha value is -1.65. The number of hydrogen-bond acceptors (Lipinski definition) is 2. The molecule has 1 aromatic carbocycles. The summed E-state index contributed by atoms with van der Waals surface area (Å²) in [7, 11) is 0. The molecule has 0 aromatic heterocycles. The summed E-state index contributed by atoms with van der Waals surface area (Å²) in [6.07, 6.45) is 0. The molecule has 0 heterocycles. The van der Waals surface area contributed by atoms with Crippen LogP contribution in [0.3, 0.4) is 0 Å². The minimum absolute atomic E-state index is 0.151. The molecule has 0 aliphatic heterocycles. The molecule has 2 N–H and O–H groups in total. The van der Waals surface area contributed by atoms with Crippen LogP contribution in [0.4, 0.5) is 14.5 Å². The van der Waals surface area contributed by atoms with E-state index in [0.29, 0.717) is 0 Å². The van der Waals surface area contributed by atoms with E-state index in [-0.39, 0.29) is 5.69 Å². The molecule has 0 saturated heterocycles. The van der Waals surface area contributed by atoms with E-state index in [2.05, 4.69) is 5.32 Å². The molecule has 0 aliphatic rings. The molecule has 13 heavy (non-hydrogen) atoms. The number of nitrogens with one attached hydrogen (secondary N) is 1. The third-order valence-corrected chi connectivity index (χ3v) is 1.36. The fourth-order valence-corrected chi connectivity index (χ4v) is 0.804. The van der Waals surface area contributed by atoms with E-state index in [9.17, 15) is 13.6 Å². The number of anilines is 1. The first-order valence-corrected chi connectivity index (χ1v) is 3.50. The van der Waals surface area contributed by atoms with Crippen LogP contribution in [0.25, 0.3) is 0 Å². The number of halogens is 2. The van der Waals surface area contributed by atoms with Gasteiger partial charge in [0.1, 0.15) is 18.2 Å². The zero-order chi connectivity index (χ0) is 9.84. The molecule has 0 spiro atoms. The fourth-order valence-electron chi connectivity index (χ4n) is 0.804. The van der Waals surface area contributed by atoms with Gasteiger partial charge in [-0.1, -0.05) is 0 Å². The van der Waals surface area contributed by atoms with Crippen LogP contribution in [0, 0.1) is 11.6 Å². The molecule has 70 valence electrons. The van der Waals surface area contributed by atoms with Crippen molar-refractivity contribution in [2.75, 3.05) is 11.9 Å². The van der Waals surface area contributed by atoms with Crippen LogP contribution in [0.1, 0.15) is 0 Å². The highest BCUT2D eigenvalue weighted by Crippen LogP contribution is 2.14. The predicted octanol–water partition coefficient (Wildman–Crippen LogP) is 1.46. The Labute approximate surface area is 73.0 Å². The summed E-state index contributed by atoms with van der Waals surface area (Å²) in [5, 5.41) is 10.5. The Balaban J connectivity index is 2.75. The third-order valence-electron chi connectivity index (χ3n) is 1.36. The standard InChI is InChI=1S/C8H7F2NO2/c9-5-1-2-6(10)7(3-5)11-4-8(12)13/h1-3,11H,4H2,(H,12,13). The largest absolute Gasteiger partial charge is 0.480 e. The van der Waals surface area contributed by atoms with Crippen molar-refractivity contribution in [3.8, 4) is 0 Å². The first-order valence-electron chi connectivity index (χ1n) is 3.50. The van der Waals surface area contributed by atoms with Crippen molar-refractivity contribution in [2.45, 2.75) is 0 Å². The van der Waals surface area contributed by atoms with Gasteiger partial charge in [-0.3, -0.25) is 4.79 Å². The smallest absolute Gasteiger partial charge is 0.322 e. The van der Waals surface area contributed by atoms with Gasteiger partial charge in [-0.05, 0) is 18.2 Å². The summed E-state index contributed by atoms with van der Waals surface area (Å²) in [6.45, 7) is -0.444. The molecule has 5 heteroatoms. The van der Waals surface area contributed by atoms with Crippen molar-refractivity contribution in [1.82, 2.24) is 0 Å². The van der Waals surface area contributed by atoms with E-state index >= 15 is 0 Å². The van der Waals surface area contributed by atoms with Crippen molar-refractivity contribution in [3.05, 3.63) is 29.8 Å². The van der Waals surface area contributed by atoms with Crippen LogP contribution in [0.2, 0.25) is 0 Å². The average Bonchev–Trinajstić information content (AvgIpc) is 2.06. The van der Waals surface area contributed by atoms with Gasteiger partial charge in [0.15, 0.2) is 0 Å². The van der Waals surface area contributed by atoms with Gasteiger partial charge in [0.05, 0.1) is 5.69 Å². The number of carbonyl (C=O) groups is 1. The lowest BCUT2D eigenvalue weighted by Crippen LogP contribution is -2.13. The Morgan fingerprint density at radius 3 is 2.77 bits per heavy atom. The molecule has 0 aliphatic carbocycles. The Kier molecular flexibility index (Phi) is 2.79. The molecule has 0 amide bonds. The molecular formula is C8H7F2NO2. The Morgan fingerprint density at radius 1 is 1.46 bits per heavy atom. The van der Waals surface area contributed by atoms with E-state index in [0.717, 1.165) is 18.2 Å². The summed E-state index contributed by atoms with van der Waals surface area (Å²) >= 11 is 0. The van der Waals surface area contributed by atoms with Crippen molar-refractivity contribution in [3.63, 3.8) is 0 Å². The van der Waals surface area contributed by atoms with E-state index in [4.69, 9.17) is 5.11 Å². The monoisotopic (exact) mass is 187 g/mol. The number of benzene rings is 1. The third kappa shape index (κ3) is 2.70. The zero-order valence-electron chi connectivity index (χ0n) is 6.55. The van der Waals surface area contributed by atoms with Crippen LogP contribution < -0.4 is 5.32 Å². The first kappa shape index (κ1) is 9.44. The second kappa shape index (κ2) is 3.84. The van der Waals surface area contributed by atoms with Crippen LogP contribution in [0.15, 0.2) is 18.2 Å². The van der Waals surface area contributed by atoms with E-state index in [1.54, 1.807) is 0 Å². The lowest BCUT2D eigenvalue weighted by atomic mass is 10.3. The number of hydrogen-bond donors (Lipinski definition) is 2. The van der Waals surface area contributed by atoms with Gasteiger partial charge in [-0.15, -0.1) is 0 Å². The number of carboxylic acid groups (broad SMARTS) is 1. The van der Waals surface area contributed by atoms with Crippen LogP contribution in [-0.2, 0) is 4.79 Å². The summed E-state index contributed by atoms with van der Waals surface area (Å²) < 4.78 is 25.3. The molecule has 0 unspecified atom stereocenters. The molecule has 1 rings (SSSR count). The first-order chi connectivity index (χ1) is 6.09. The quantitative estimate of drug-likeness (QED) is 0.753. The van der Waals surface area contributed by atoms with Crippen molar-refractivity contribution >= 4 is 11.7 Å². The van der Waals surface area contributed by atoms with Crippen molar-refractivity contribution in [2.24, 2.45) is 0 Å². The summed E-state index contributed by atoms with van der Waals surface area (Å²) in [5.41, 5.74) is -0.151. The van der Waals surface area contributed by atoms with Gasteiger partial charge in [-0.25, -0.2) is 8.78 Å². The average molecular weight is 187 g/mol. The SMILES string of the molecule is O=C(O)CNc1cc(F)ccc1F. The molecule has 0 saturated carbocycles. The van der Waals surface area contributed by atoms with Crippen LogP contribution in [-0.4, -0.2) is 17.6 Å². The van der Waals surface area contributed by atoms with Crippen LogP contribution in [0.5, 0.6) is 0 Å². The molecule has 0 radical (unpaired) electrons. The maximum atomic E-state index is 12.8. The van der Waals surface area contributed by atoms with Gasteiger partial charge in [0.25, 0.3) is 0 Å². The topological polar surface area (TPSA) is 49.3 Å². The second-order valence-corrected chi connectivity index (χ2v) is 2.37. The number of rotatable bonds is 3. The van der Waals surface area contributed by atoms with Gasteiger partial charge in [0, 0.05) is 0 Å². The minimum Gasteiger partial charge on any atom is -0.480 e. The summed E-state index contributed by atoms with van der Waals surface area (Å²) in [4.78, 5) is 10.1. The molecular weight excluding hydrogens is 180 g/mol. The van der Waals surface area contributed by atoms with E-state index in [1.165, 1.54) is 0 Å². The highest BCUT2D eigenvalue weighted by atomic mass is 19.1. The fraction of sp³-hybridized carbons (Fsp3) is 0.125. The van der Waals surface area contributed by atoms with Crippen LogP contribution >= 0.6 is 0 Å². The van der Waals surface area contributed by atoms with E-state index in [1.807, 2.05) is 0 Å². The van der Waals surface area contributed by atoms with Gasteiger partial charge in [-0.2, -0.15) is 0 Å². The molecule has 1 aromatic rings. The lowest BCUT2D eigenvalue weighted by Gasteiger charge is -2.03. The molecule has 0 fully saturated rings. The second-order valence-electron chi connectivity index (χ2n) is 2.37. The normalized spacial score (nSPS) is 9.69. The lowest BCUT2D eigenvalue weighted by molar-refractivity contribution is -0.134. The highest BCUT2D eigenvalue weighted by Gasteiger charge is 2.04. The predicted molar refractivity (Wildman–Crippen MR) is 42.5 cm³/mol.